The largest absolute Gasteiger partial charge is 0.478 e. The molecule has 1 aromatic rings. The molecule has 1 aromatic heterocycles. The predicted octanol–water partition coefficient (Wildman–Crippen LogP) is 1.71. The zero-order chi connectivity index (χ0) is 13.5. The highest BCUT2D eigenvalue weighted by molar-refractivity contribution is 5.93. The van der Waals surface area contributed by atoms with Crippen LogP contribution in [-0.2, 0) is 4.74 Å². The van der Waals surface area contributed by atoms with E-state index in [-0.39, 0.29) is 0 Å². The summed E-state index contributed by atoms with van der Waals surface area (Å²) in [6.45, 7) is 5.29. The maximum absolute atomic E-state index is 11.3. The second kappa shape index (κ2) is 4.49. The summed E-state index contributed by atoms with van der Waals surface area (Å²) >= 11 is 0. The molecule has 3 rings (SSSR count). The highest BCUT2D eigenvalue weighted by Gasteiger charge is 2.45. The van der Waals surface area contributed by atoms with Crippen molar-refractivity contribution in [3.05, 3.63) is 23.4 Å². The van der Waals surface area contributed by atoms with Crippen LogP contribution < -0.4 is 4.90 Å². The van der Waals surface area contributed by atoms with E-state index in [9.17, 15) is 9.90 Å². The van der Waals surface area contributed by atoms with Gasteiger partial charge in [0, 0.05) is 37.9 Å². The monoisotopic (exact) mass is 262 g/mol. The topological polar surface area (TPSA) is 62.7 Å². The van der Waals surface area contributed by atoms with E-state index >= 15 is 0 Å². The molecule has 102 valence electrons. The van der Waals surface area contributed by atoms with Gasteiger partial charge in [0.15, 0.2) is 0 Å². The lowest BCUT2D eigenvalue weighted by Crippen LogP contribution is -2.59. The molecule has 2 saturated heterocycles. The first-order valence-corrected chi connectivity index (χ1v) is 6.62. The van der Waals surface area contributed by atoms with Gasteiger partial charge in [0.1, 0.15) is 11.4 Å². The van der Waals surface area contributed by atoms with Crippen molar-refractivity contribution in [3.8, 4) is 0 Å². The Morgan fingerprint density at radius 1 is 1.42 bits per heavy atom. The fourth-order valence-corrected chi connectivity index (χ4v) is 3.01. The van der Waals surface area contributed by atoms with Crippen molar-refractivity contribution >= 4 is 11.8 Å². The molecule has 3 heterocycles. The summed E-state index contributed by atoms with van der Waals surface area (Å²) in [5, 5.41) is 9.27. The van der Waals surface area contributed by atoms with Gasteiger partial charge in [-0.2, -0.15) is 0 Å². The third-order valence-electron chi connectivity index (χ3n) is 4.14. The van der Waals surface area contributed by atoms with Crippen molar-refractivity contribution < 1.29 is 14.6 Å². The SMILES string of the molecule is Cc1cnc(N2CC3(CCOCC3)C2)c(C(=O)O)c1. The number of pyridine rings is 1. The zero-order valence-electron chi connectivity index (χ0n) is 11.1. The maximum atomic E-state index is 11.3. The van der Waals surface area contributed by atoms with Gasteiger partial charge in [-0.05, 0) is 31.4 Å². The second-order valence-electron chi connectivity index (χ2n) is 5.66. The quantitative estimate of drug-likeness (QED) is 0.879. The predicted molar refractivity (Wildman–Crippen MR) is 70.6 cm³/mol. The lowest BCUT2D eigenvalue weighted by atomic mass is 9.73. The standard InChI is InChI=1S/C14H18N2O3/c1-10-6-11(13(17)18)12(15-7-10)16-8-14(9-16)2-4-19-5-3-14/h6-7H,2-5,8-9H2,1H3,(H,17,18). The van der Waals surface area contributed by atoms with Gasteiger partial charge in [-0.15, -0.1) is 0 Å². The highest BCUT2D eigenvalue weighted by Crippen LogP contribution is 2.42. The van der Waals surface area contributed by atoms with Crippen LogP contribution >= 0.6 is 0 Å². The molecule has 19 heavy (non-hydrogen) atoms. The Kier molecular flexibility index (Phi) is 2.93. The Balaban J connectivity index is 1.79. The number of nitrogens with zero attached hydrogens (tertiary/aromatic N) is 2. The third-order valence-corrected chi connectivity index (χ3v) is 4.14. The first-order chi connectivity index (χ1) is 9.10. The van der Waals surface area contributed by atoms with E-state index in [1.807, 2.05) is 6.92 Å². The van der Waals surface area contributed by atoms with Gasteiger partial charge in [-0.25, -0.2) is 9.78 Å². The van der Waals surface area contributed by atoms with Gasteiger partial charge >= 0.3 is 5.97 Å². The molecule has 2 aliphatic rings. The molecule has 1 N–H and O–H groups in total. The van der Waals surface area contributed by atoms with E-state index in [0.717, 1.165) is 44.7 Å². The van der Waals surface area contributed by atoms with Gasteiger partial charge in [0.2, 0.25) is 0 Å². The van der Waals surface area contributed by atoms with Crippen LogP contribution in [0.2, 0.25) is 0 Å². The van der Waals surface area contributed by atoms with Crippen LogP contribution in [0.5, 0.6) is 0 Å². The molecule has 0 unspecified atom stereocenters. The number of carbonyl (C=O) groups is 1. The molecule has 0 aliphatic carbocycles. The van der Waals surface area contributed by atoms with Crippen molar-refractivity contribution in [2.45, 2.75) is 19.8 Å². The van der Waals surface area contributed by atoms with Crippen molar-refractivity contribution in [2.75, 3.05) is 31.2 Å². The number of aromatic carboxylic acids is 1. The van der Waals surface area contributed by atoms with Crippen LogP contribution in [0.4, 0.5) is 5.82 Å². The molecule has 0 amide bonds. The average molecular weight is 262 g/mol. The average Bonchev–Trinajstić information content (AvgIpc) is 2.37. The molecule has 0 saturated carbocycles. The lowest BCUT2D eigenvalue weighted by molar-refractivity contribution is -0.000568. The van der Waals surface area contributed by atoms with Crippen LogP contribution in [0.3, 0.4) is 0 Å². The molecule has 5 heteroatoms. The van der Waals surface area contributed by atoms with E-state index in [4.69, 9.17) is 4.74 Å². The first kappa shape index (κ1) is 12.4. The highest BCUT2D eigenvalue weighted by atomic mass is 16.5. The molecule has 0 atom stereocenters. The van der Waals surface area contributed by atoms with Crippen molar-refractivity contribution in [2.24, 2.45) is 5.41 Å². The van der Waals surface area contributed by atoms with E-state index in [1.54, 1.807) is 12.3 Å². The van der Waals surface area contributed by atoms with E-state index in [0.29, 0.717) is 16.8 Å². The number of rotatable bonds is 2. The summed E-state index contributed by atoms with van der Waals surface area (Å²) in [6, 6.07) is 1.69. The van der Waals surface area contributed by atoms with Crippen LogP contribution in [-0.4, -0.2) is 42.4 Å². The first-order valence-electron chi connectivity index (χ1n) is 6.62. The van der Waals surface area contributed by atoms with Crippen molar-refractivity contribution in [1.29, 1.82) is 0 Å². The van der Waals surface area contributed by atoms with Crippen LogP contribution in [0.1, 0.15) is 28.8 Å². The lowest BCUT2D eigenvalue weighted by Gasteiger charge is -2.53. The smallest absolute Gasteiger partial charge is 0.339 e. The second-order valence-corrected chi connectivity index (χ2v) is 5.66. The summed E-state index contributed by atoms with van der Waals surface area (Å²) in [6.07, 6.45) is 3.87. The van der Waals surface area contributed by atoms with Crippen LogP contribution in [0, 0.1) is 12.3 Å². The molecule has 2 aliphatic heterocycles. The fourth-order valence-electron chi connectivity index (χ4n) is 3.01. The minimum atomic E-state index is -0.904. The Hall–Kier alpha value is -1.62. The Morgan fingerprint density at radius 2 is 2.11 bits per heavy atom. The number of hydrogen-bond acceptors (Lipinski definition) is 4. The number of anilines is 1. The van der Waals surface area contributed by atoms with E-state index < -0.39 is 5.97 Å². The normalized spacial score (nSPS) is 21.2. The number of ether oxygens (including phenoxy) is 1. The number of carboxylic acids is 1. The van der Waals surface area contributed by atoms with Gasteiger partial charge in [0.25, 0.3) is 0 Å². The summed E-state index contributed by atoms with van der Waals surface area (Å²) in [5.74, 6) is -0.297. The molecule has 0 bridgehead atoms. The zero-order valence-corrected chi connectivity index (χ0v) is 11.1. The van der Waals surface area contributed by atoms with Crippen molar-refractivity contribution in [3.63, 3.8) is 0 Å². The van der Waals surface area contributed by atoms with Gasteiger partial charge in [0.05, 0.1) is 0 Å². The molecular weight excluding hydrogens is 244 g/mol. The van der Waals surface area contributed by atoms with Crippen LogP contribution in [0.15, 0.2) is 12.3 Å². The summed E-state index contributed by atoms with van der Waals surface area (Å²) in [5.41, 5.74) is 1.50. The molecule has 1 spiro atoms. The van der Waals surface area contributed by atoms with Gasteiger partial charge in [-0.3, -0.25) is 0 Å². The van der Waals surface area contributed by atoms with E-state index in [2.05, 4.69) is 9.88 Å². The van der Waals surface area contributed by atoms with Gasteiger partial charge < -0.3 is 14.7 Å². The summed E-state index contributed by atoms with van der Waals surface area (Å²) in [7, 11) is 0. The molecular formula is C14H18N2O3. The minimum Gasteiger partial charge on any atom is -0.478 e. The number of carboxylic acid groups (broad SMARTS) is 1. The molecule has 5 nitrogen and oxygen atoms in total. The summed E-state index contributed by atoms with van der Waals surface area (Å²) in [4.78, 5) is 17.7. The Morgan fingerprint density at radius 3 is 2.74 bits per heavy atom. The summed E-state index contributed by atoms with van der Waals surface area (Å²) < 4.78 is 5.39. The van der Waals surface area contributed by atoms with Gasteiger partial charge in [-0.1, -0.05) is 0 Å². The molecule has 0 radical (unpaired) electrons. The molecule has 0 aromatic carbocycles. The van der Waals surface area contributed by atoms with E-state index in [1.165, 1.54) is 0 Å². The molecule has 2 fully saturated rings. The Bertz CT molecular complexity index is 501. The van der Waals surface area contributed by atoms with Crippen LogP contribution in [0.25, 0.3) is 0 Å². The van der Waals surface area contributed by atoms with Crippen molar-refractivity contribution in [1.82, 2.24) is 4.98 Å². The number of aryl methyl sites for hydroxylation is 1. The fraction of sp³-hybridized carbons (Fsp3) is 0.571. The number of hydrogen-bond donors (Lipinski definition) is 1. The number of aromatic nitrogens is 1. The maximum Gasteiger partial charge on any atom is 0.339 e. The third kappa shape index (κ3) is 2.18. The minimum absolute atomic E-state index is 0.307. The Labute approximate surface area is 112 Å².